The molecule has 1 amide bonds. The van der Waals surface area contributed by atoms with Crippen LogP contribution in [0.1, 0.15) is 56.9 Å². The number of nitrogens with zero attached hydrogens (tertiary/aromatic N) is 1. The summed E-state index contributed by atoms with van der Waals surface area (Å²) in [7, 11) is 0. The summed E-state index contributed by atoms with van der Waals surface area (Å²) < 4.78 is 0. The minimum Gasteiger partial charge on any atom is -0.481 e. The number of rotatable bonds is 11. The van der Waals surface area contributed by atoms with Gasteiger partial charge in [-0.3, -0.25) is 9.59 Å². The highest BCUT2D eigenvalue weighted by Crippen LogP contribution is 2.21. The van der Waals surface area contributed by atoms with Crippen molar-refractivity contribution >= 4 is 23.5 Å². The molecule has 2 atom stereocenters. The highest BCUT2D eigenvalue weighted by atomic mass is 35.5. The summed E-state index contributed by atoms with van der Waals surface area (Å²) in [6.07, 6.45) is 9.52. The first-order valence-electron chi connectivity index (χ1n) is 10.1. The van der Waals surface area contributed by atoms with Gasteiger partial charge in [-0.25, -0.2) is 0 Å². The molecule has 1 aromatic rings. The maximum Gasteiger partial charge on any atom is 0.303 e. The van der Waals surface area contributed by atoms with Crippen LogP contribution in [-0.2, 0) is 16.0 Å². The summed E-state index contributed by atoms with van der Waals surface area (Å²) in [6.45, 7) is 0.686. The average Bonchev–Trinajstić information content (AvgIpc) is 2.64. The molecule has 2 unspecified atom stereocenters. The normalized spacial score (nSPS) is 18.6. The van der Waals surface area contributed by atoms with Gasteiger partial charge >= 0.3 is 5.97 Å². The number of carbonyl (C=O) groups is 2. The molecule has 1 aliphatic heterocycles. The topological polar surface area (TPSA) is 77.8 Å². The van der Waals surface area contributed by atoms with Gasteiger partial charge in [0.25, 0.3) is 0 Å². The minimum absolute atomic E-state index is 0.0225. The number of benzene rings is 1. The number of hydrogen-bond acceptors (Lipinski definition) is 3. The van der Waals surface area contributed by atoms with E-state index in [-0.39, 0.29) is 18.4 Å². The maximum atomic E-state index is 12.3. The molecule has 0 bridgehead atoms. The molecule has 154 valence electrons. The lowest BCUT2D eigenvalue weighted by atomic mass is 9.99. The largest absolute Gasteiger partial charge is 0.481 e. The lowest BCUT2D eigenvalue weighted by molar-refractivity contribution is -0.137. The molecule has 0 spiro atoms. The minimum atomic E-state index is -0.757. The van der Waals surface area contributed by atoms with Gasteiger partial charge < -0.3 is 15.1 Å². The van der Waals surface area contributed by atoms with Gasteiger partial charge in [-0.2, -0.15) is 0 Å². The number of hydrogen-bond donors (Lipinski definition) is 2. The Morgan fingerprint density at radius 2 is 2.07 bits per heavy atom. The summed E-state index contributed by atoms with van der Waals surface area (Å²) in [5, 5.41) is 19.6. The van der Waals surface area contributed by atoms with E-state index in [1.165, 1.54) is 0 Å². The molecule has 0 saturated carbocycles. The summed E-state index contributed by atoms with van der Waals surface area (Å²) in [4.78, 5) is 24.8. The fraction of sp³-hybridized carbons (Fsp3) is 0.545. The Morgan fingerprint density at radius 1 is 1.29 bits per heavy atom. The summed E-state index contributed by atoms with van der Waals surface area (Å²) in [6, 6.07) is 7.48. The lowest BCUT2D eigenvalue weighted by Crippen LogP contribution is -2.43. The Labute approximate surface area is 172 Å². The molecule has 0 aliphatic carbocycles. The molecule has 5 nitrogen and oxygen atoms in total. The van der Waals surface area contributed by atoms with E-state index in [0.29, 0.717) is 30.8 Å². The number of aliphatic carboxylic acids is 1. The number of aliphatic hydroxyl groups is 1. The molecule has 1 fully saturated rings. The highest BCUT2D eigenvalue weighted by Gasteiger charge is 2.25. The smallest absolute Gasteiger partial charge is 0.303 e. The van der Waals surface area contributed by atoms with E-state index in [1.807, 2.05) is 29.2 Å². The average molecular weight is 408 g/mol. The van der Waals surface area contributed by atoms with Gasteiger partial charge in [0.1, 0.15) is 0 Å². The molecule has 2 N–H and O–H groups in total. The van der Waals surface area contributed by atoms with Crippen LogP contribution in [0, 0.1) is 0 Å². The van der Waals surface area contributed by atoms with Crippen LogP contribution in [0.25, 0.3) is 0 Å². The number of likely N-dealkylation sites (tertiary alicyclic amines) is 1. The number of halogens is 1. The third-order valence-corrected chi connectivity index (χ3v) is 5.28. The van der Waals surface area contributed by atoms with Crippen molar-refractivity contribution in [1.29, 1.82) is 0 Å². The Bertz CT molecular complexity index is 676. The molecular formula is C22H30ClNO4. The van der Waals surface area contributed by atoms with Crippen LogP contribution in [0.5, 0.6) is 0 Å². The maximum absolute atomic E-state index is 12.3. The van der Waals surface area contributed by atoms with Crippen LogP contribution in [0.15, 0.2) is 36.4 Å². The molecule has 1 aliphatic rings. The molecule has 1 saturated heterocycles. The zero-order chi connectivity index (χ0) is 20.4. The van der Waals surface area contributed by atoms with Crippen LogP contribution in [0.4, 0.5) is 0 Å². The number of aliphatic hydroxyl groups excluding tert-OH is 1. The van der Waals surface area contributed by atoms with Gasteiger partial charge in [0.15, 0.2) is 0 Å². The third-order valence-electron chi connectivity index (χ3n) is 5.04. The zero-order valence-corrected chi connectivity index (χ0v) is 17.0. The highest BCUT2D eigenvalue weighted by molar-refractivity contribution is 6.30. The van der Waals surface area contributed by atoms with Crippen molar-refractivity contribution in [3.8, 4) is 0 Å². The van der Waals surface area contributed by atoms with Crippen molar-refractivity contribution < 1.29 is 19.8 Å². The third kappa shape index (κ3) is 8.03. The van der Waals surface area contributed by atoms with Crippen molar-refractivity contribution in [2.75, 3.05) is 6.54 Å². The quantitative estimate of drug-likeness (QED) is 0.425. The number of unbranched alkanes of at least 4 members (excludes halogenated alkanes) is 3. The van der Waals surface area contributed by atoms with Gasteiger partial charge in [0, 0.05) is 30.8 Å². The molecule has 1 heterocycles. The Hall–Kier alpha value is -1.85. The van der Waals surface area contributed by atoms with E-state index >= 15 is 0 Å². The molecule has 28 heavy (non-hydrogen) atoms. The van der Waals surface area contributed by atoms with Crippen molar-refractivity contribution in [1.82, 2.24) is 4.90 Å². The lowest BCUT2D eigenvalue weighted by Gasteiger charge is -2.34. The van der Waals surface area contributed by atoms with E-state index < -0.39 is 12.1 Å². The van der Waals surface area contributed by atoms with Crippen LogP contribution in [-0.4, -0.2) is 45.7 Å². The second-order valence-corrected chi connectivity index (χ2v) is 7.83. The molecule has 0 radical (unpaired) electrons. The van der Waals surface area contributed by atoms with Crippen LogP contribution < -0.4 is 0 Å². The fourth-order valence-electron chi connectivity index (χ4n) is 3.58. The van der Waals surface area contributed by atoms with E-state index in [4.69, 9.17) is 16.7 Å². The van der Waals surface area contributed by atoms with Crippen LogP contribution in [0.2, 0.25) is 5.02 Å². The predicted octanol–water partition coefficient (Wildman–Crippen LogP) is 4.22. The van der Waals surface area contributed by atoms with E-state index in [9.17, 15) is 14.7 Å². The Morgan fingerprint density at radius 3 is 2.82 bits per heavy atom. The Kier molecular flexibility index (Phi) is 9.51. The Balaban J connectivity index is 1.82. The first-order valence-corrected chi connectivity index (χ1v) is 10.5. The van der Waals surface area contributed by atoms with E-state index in [1.54, 1.807) is 12.1 Å². The number of piperidine rings is 1. The standard InChI is InChI=1S/C22H30ClNO4/c23-18-8-5-7-17(15-18)16-20(25)13-12-19-9-6-10-21(26)24(19)14-4-2-1-3-11-22(27)28/h5,7-8,12-13,15,19-20,25H,1-4,6,9-11,14,16H2,(H,27,28). The van der Waals surface area contributed by atoms with E-state index in [2.05, 4.69) is 0 Å². The van der Waals surface area contributed by atoms with Crippen molar-refractivity contribution in [2.24, 2.45) is 0 Å². The second-order valence-electron chi connectivity index (χ2n) is 7.39. The second kappa shape index (κ2) is 11.9. The first-order chi connectivity index (χ1) is 13.5. The van der Waals surface area contributed by atoms with Crippen LogP contribution in [0.3, 0.4) is 0 Å². The van der Waals surface area contributed by atoms with Gasteiger partial charge in [0.2, 0.25) is 5.91 Å². The van der Waals surface area contributed by atoms with Gasteiger partial charge in [0.05, 0.1) is 12.1 Å². The molecule has 0 aromatic heterocycles. The number of amides is 1. The monoisotopic (exact) mass is 407 g/mol. The van der Waals surface area contributed by atoms with Crippen molar-refractivity contribution in [3.63, 3.8) is 0 Å². The summed E-state index contributed by atoms with van der Waals surface area (Å²) in [5.41, 5.74) is 0.975. The van der Waals surface area contributed by atoms with Gasteiger partial charge in [-0.05, 0) is 43.4 Å². The zero-order valence-electron chi connectivity index (χ0n) is 16.2. The van der Waals surface area contributed by atoms with Crippen molar-refractivity contribution in [2.45, 2.75) is 69.9 Å². The van der Waals surface area contributed by atoms with Gasteiger partial charge in [-0.15, -0.1) is 0 Å². The molecule has 6 heteroatoms. The molecular weight excluding hydrogens is 378 g/mol. The summed E-state index contributed by atoms with van der Waals surface area (Å²) in [5.74, 6) is -0.594. The number of carboxylic acids is 1. The SMILES string of the molecule is O=C(O)CCCCCCN1C(=O)CCCC1C=CC(O)Cc1cccc(Cl)c1. The summed E-state index contributed by atoms with van der Waals surface area (Å²) >= 11 is 5.99. The van der Waals surface area contributed by atoms with Crippen molar-refractivity contribution in [3.05, 3.63) is 47.0 Å². The van der Waals surface area contributed by atoms with Crippen LogP contribution >= 0.6 is 11.6 Å². The number of carbonyl (C=O) groups excluding carboxylic acids is 1. The fourth-order valence-corrected chi connectivity index (χ4v) is 3.79. The first kappa shape index (κ1) is 22.4. The molecule has 2 rings (SSSR count). The van der Waals surface area contributed by atoms with Gasteiger partial charge in [-0.1, -0.05) is 48.7 Å². The molecule has 1 aromatic carbocycles. The number of carboxylic acid groups (broad SMARTS) is 1. The predicted molar refractivity (Wildman–Crippen MR) is 110 cm³/mol. The van der Waals surface area contributed by atoms with E-state index in [0.717, 1.165) is 37.7 Å².